The van der Waals surface area contributed by atoms with E-state index in [0.29, 0.717) is 17.6 Å². The van der Waals surface area contributed by atoms with Gasteiger partial charge in [0.25, 0.3) is 11.5 Å². The molecule has 1 aliphatic heterocycles. The van der Waals surface area contributed by atoms with Crippen LogP contribution in [0.2, 0.25) is 0 Å². The van der Waals surface area contributed by atoms with Gasteiger partial charge >= 0.3 is 0 Å². The molecule has 2 aromatic rings. The predicted molar refractivity (Wildman–Crippen MR) is 121 cm³/mol. The topological polar surface area (TPSA) is 76.5 Å². The molecule has 2 fully saturated rings. The van der Waals surface area contributed by atoms with Crippen molar-refractivity contribution in [3.8, 4) is 0 Å². The lowest BCUT2D eigenvalue weighted by Crippen LogP contribution is -2.54. The highest BCUT2D eigenvalue weighted by Gasteiger charge is 2.35. The molecular weight excluding hydrogens is 392 g/mol. The fraction of sp³-hybridized carbons (Fsp3) is 0.625. The van der Waals surface area contributed by atoms with Crippen LogP contribution in [0.3, 0.4) is 0 Å². The maximum Gasteiger partial charge on any atom is 0.299 e. The number of benzene rings is 1. The SMILES string of the molecule is CONC(=O)c1nc2ccccc2n(C(C)CC2CCN2C2CCCCCCC2)c1=O. The second-order valence-corrected chi connectivity index (χ2v) is 9.02. The van der Waals surface area contributed by atoms with Crippen molar-refractivity contribution in [3.63, 3.8) is 0 Å². The van der Waals surface area contributed by atoms with Gasteiger partial charge in [-0.2, -0.15) is 0 Å². The van der Waals surface area contributed by atoms with E-state index in [1.807, 2.05) is 24.3 Å². The third-order valence-corrected chi connectivity index (χ3v) is 6.99. The number of hydrogen-bond acceptors (Lipinski definition) is 5. The summed E-state index contributed by atoms with van der Waals surface area (Å²) in [4.78, 5) is 37.4. The van der Waals surface area contributed by atoms with Crippen LogP contribution in [0, 0.1) is 0 Å². The Bertz CT molecular complexity index is 965. The fourth-order valence-electron chi connectivity index (χ4n) is 5.34. The molecule has 168 valence electrons. The maximum absolute atomic E-state index is 13.3. The highest BCUT2D eigenvalue weighted by atomic mass is 16.6. The number of rotatable bonds is 6. The lowest BCUT2D eigenvalue weighted by molar-refractivity contribution is 0.0171. The number of para-hydroxylation sites is 2. The van der Waals surface area contributed by atoms with Crippen molar-refractivity contribution in [2.75, 3.05) is 13.7 Å². The molecule has 31 heavy (non-hydrogen) atoms. The van der Waals surface area contributed by atoms with Crippen LogP contribution in [0.25, 0.3) is 11.0 Å². The number of hydroxylamine groups is 1. The average Bonchev–Trinajstić information content (AvgIpc) is 2.72. The maximum atomic E-state index is 13.3. The summed E-state index contributed by atoms with van der Waals surface area (Å²) in [7, 11) is 1.35. The lowest BCUT2D eigenvalue weighted by Gasteiger charge is -2.48. The van der Waals surface area contributed by atoms with Gasteiger partial charge in [-0.25, -0.2) is 10.5 Å². The molecular formula is C24H34N4O3. The largest absolute Gasteiger partial charge is 0.302 e. The Balaban J connectivity index is 1.58. The van der Waals surface area contributed by atoms with Crippen molar-refractivity contribution in [2.45, 2.75) is 82.8 Å². The number of hydrogen-bond donors (Lipinski definition) is 1. The predicted octanol–water partition coefficient (Wildman–Crippen LogP) is 3.83. The Hall–Kier alpha value is -2.25. The zero-order valence-corrected chi connectivity index (χ0v) is 18.7. The van der Waals surface area contributed by atoms with E-state index >= 15 is 0 Å². The van der Waals surface area contributed by atoms with Crippen LogP contribution in [-0.2, 0) is 4.84 Å². The van der Waals surface area contributed by atoms with Crippen molar-refractivity contribution >= 4 is 16.9 Å². The molecule has 2 heterocycles. The van der Waals surface area contributed by atoms with Crippen LogP contribution in [0.5, 0.6) is 0 Å². The van der Waals surface area contributed by atoms with Gasteiger partial charge in [-0.05, 0) is 44.7 Å². The van der Waals surface area contributed by atoms with E-state index < -0.39 is 5.91 Å². The Morgan fingerprint density at radius 3 is 2.55 bits per heavy atom. The molecule has 0 bridgehead atoms. The highest BCUT2D eigenvalue weighted by molar-refractivity contribution is 5.93. The summed E-state index contributed by atoms with van der Waals surface area (Å²) in [5.41, 5.74) is 3.15. The first-order valence-corrected chi connectivity index (χ1v) is 11.7. The van der Waals surface area contributed by atoms with Gasteiger partial charge in [0.2, 0.25) is 0 Å². The van der Waals surface area contributed by atoms with Crippen LogP contribution in [0.15, 0.2) is 29.1 Å². The number of nitrogens with one attached hydrogen (secondary N) is 1. The van der Waals surface area contributed by atoms with E-state index in [1.165, 1.54) is 58.5 Å². The molecule has 2 unspecified atom stereocenters. The van der Waals surface area contributed by atoms with Gasteiger partial charge in [0.15, 0.2) is 5.69 Å². The molecule has 2 atom stereocenters. The number of amides is 1. The van der Waals surface area contributed by atoms with E-state index in [0.717, 1.165) is 18.5 Å². The normalized spacial score (nSPS) is 21.8. The average molecular weight is 427 g/mol. The van der Waals surface area contributed by atoms with Crippen molar-refractivity contribution in [1.29, 1.82) is 0 Å². The number of likely N-dealkylation sites (tertiary alicyclic amines) is 1. The van der Waals surface area contributed by atoms with Crippen molar-refractivity contribution in [1.82, 2.24) is 19.9 Å². The summed E-state index contributed by atoms with van der Waals surface area (Å²) >= 11 is 0. The quantitative estimate of drug-likeness (QED) is 0.711. The van der Waals surface area contributed by atoms with Crippen LogP contribution in [-0.4, -0.2) is 46.1 Å². The first-order valence-electron chi connectivity index (χ1n) is 11.7. The molecule has 1 aromatic carbocycles. The molecule has 1 aromatic heterocycles. The zero-order chi connectivity index (χ0) is 21.8. The summed E-state index contributed by atoms with van der Waals surface area (Å²) < 4.78 is 1.75. The van der Waals surface area contributed by atoms with E-state index in [-0.39, 0.29) is 17.3 Å². The fourth-order valence-corrected chi connectivity index (χ4v) is 5.34. The number of nitrogens with zero attached hydrogens (tertiary/aromatic N) is 3. The monoisotopic (exact) mass is 426 g/mol. The van der Waals surface area contributed by atoms with Gasteiger partial charge in [0.05, 0.1) is 18.1 Å². The minimum absolute atomic E-state index is 0.0316. The molecule has 7 nitrogen and oxygen atoms in total. The van der Waals surface area contributed by atoms with Crippen LogP contribution in [0.1, 0.15) is 81.2 Å². The van der Waals surface area contributed by atoms with Crippen LogP contribution >= 0.6 is 0 Å². The molecule has 1 amide bonds. The van der Waals surface area contributed by atoms with Gasteiger partial charge < -0.3 is 4.57 Å². The van der Waals surface area contributed by atoms with Crippen LogP contribution < -0.4 is 11.0 Å². The minimum atomic E-state index is -0.612. The number of carbonyl (C=O) groups is 1. The van der Waals surface area contributed by atoms with Crippen molar-refractivity contribution < 1.29 is 9.63 Å². The summed E-state index contributed by atoms with van der Waals surface area (Å²) in [6, 6.07) is 8.67. The smallest absolute Gasteiger partial charge is 0.299 e. The summed E-state index contributed by atoms with van der Waals surface area (Å²) in [5, 5.41) is 0. The van der Waals surface area contributed by atoms with E-state index in [4.69, 9.17) is 4.84 Å². The van der Waals surface area contributed by atoms with E-state index in [1.54, 1.807) is 4.57 Å². The summed E-state index contributed by atoms with van der Waals surface area (Å²) in [5.74, 6) is -0.612. The Morgan fingerprint density at radius 2 is 1.87 bits per heavy atom. The summed E-state index contributed by atoms with van der Waals surface area (Å²) in [6.45, 7) is 3.25. The van der Waals surface area contributed by atoms with Crippen molar-refractivity contribution in [3.05, 3.63) is 40.3 Å². The third kappa shape index (κ3) is 4.67. The molecule has 0 spiro atoms. The van der Waals surface area contributed by atoms with Gasteiger partial charge in [0, 0.05) is 24.7 Å². The number of carbonyl (C=O) groups excluding carboxylic acids is 1. The first-order chi connectivity index (χ1) is 15.1. The molecule has 0 radical (unpaired) electrons. The second kappa shape index (κ2) is 9.92. The third-order valence-electron chi connectivity index (χ3n) is 6.99. The van der Waals surface area contributed by atoms with E-state index in [2.05, 4.69) is 22.3 Å². The molecule has 4 rings (SSSR count). The minimum Gasteiger partial charge on any atom is -0.302 e. The number of fused-ring (bicyclic) bond motifs is 1. The first kappa shape index (κ1) is 22.0. The summed E-state index contributed by atoms with van der Waals surface area (Å²) in [6.07, 6.45) is 11.4. The second-order valence-electron chi connectivity index (χ2n) is 9.02. The van der Waals surface area contributed by atoms with Gasteiger partial charge in [-0.1, -0.05) is 44.2 Å². The van der Waals surface area contributed by atoms with Gasteiger partial charge in [-0.3, -0.25) is 19.3 Å². The molecule has 1 aliphatic carbocycles. The standard InChI is InChI=1S/C24H34N4O3/c1-17(16-19-14-15-27(19)18-10-6-4-3-5-7-11-18)28-21-13-9-8-12-20(21)25-22(24(28)30)23(29)26-31-2/h8-9,12-13,17-19H,3-7,10-11,14-16H2,1-2H3,(H,26,29). The van der Waals surface area contributed by atoms with Gasteiger partial charge in [-0.15, -0.1) is 0 Å². The molecule has 1 saturated heterocycles. The Kier molecular flexibility index (Phi) is 7.02. The molecule has 2 aliphatic rings. The Morgan fingerprint density at radius 1 is 1.16 bits per heavy atom. The van der Waals surface area contributed by atoms with E-state index in [9.17, 15) is 9.59 Å². The van der Waals surface area contributed by atoms with Gasteiger partial charge in [0.1, 0.15) is 0 Å². The number of aromatic nitrogens is 2. The van der Waals surface area contributed by atoms with Crippen LogP contribution in [0.4, 0.5) is 0 Å². The van der Waals surface area contributed by atoms with Crippen molar-refractivity contribution in [2.24, 2.45) is 0 Å². The zero-order valence-electron chi connectivity index (χ0n) is 18.7. The molecule has 1 N–H and O–H groups in total. The lowest BCUT2D eigenvalue weighted by atomic mass is 9.88. The molecule has 7 heteroatoms. The Labute approximate surface area is 183 Å². The highest BCUT2D eigenvalue weighted by Crippen LogP contribution is 2.33. The molecule has 1 saturated carbocycles.